The van der Waals surface area contributed by atoms with Gasteiger partial charge in [0.25, 0.3) is 11.2 Å². The SMILES string of the molecule is CCC(=O)N1CCN(c2cnn(-c3ccc([N+](=O)[O-])cc3)c(=O)c2Cl)CC1. The largest absolute Gasteiger partial charge is 0.365 e. The summed E-state index contributed by atoms with van der Waals surface area (Å²) >= 11 is 6.29. The van der Waals surface area contributed by atoms with Crippen molar-refractivity contribution in [2.24, 2.45) is 0 Å². The van der Waals surface area contributed by atoms with E-state index in [1.807, 2.05) is 11.8 Å². The summed E-state index contributed by atoms with van der Waals surface area (Å²) in [7, 11) is 0. The lowest BCUT2D eigenvalue weighted by molar-refractivity contribution is -0.384. The molecule has 142 valence electrons. The fourth-order valence-electron chi connectivity index (χ4n) is 2.96. The lowest BCUT2D eigenvalue weighted by Crippen LogP contribution is -2.49. The minimum absolute atomic E-state index is 0.0265. The van der Waals surface area contributed by atoms with E-state index in [4.69, 9.17) is 11.6 Å². The molecule has 27 heavy (non-hydrogen) atoms. The smallest absolute Gasteiger partial charge is 0.292 e. The first kappa shape index (κ1) is 18.8. The van der Waals surface area contributed by atoms with Crippen LogP contribution in [0.4, 0.5) is 11.4 Å². The van der Waals surface area contributed by atoms with Gasteiger partial charge in [-0.05, 0) is 12.1 Å². The van der Waals surface area contributed by atoms with Crippen molar-refractivity contribution in [3.63, 3.8) is 0 Å². The van der Waals surface area contributed by atoms with Gasteiger partial charge in [0.2, 0.25) is 5.91 Å². The standard InChI is InChI=1S/C17H18ClN5O4/c1-2-15(24)21-9-7-20(8-10-21)14-11-19-22(17(25)16(14)18)12-3-5-13(6-4-12)23(26)27/h3-6,11H,2,7-10H2,1H3. The fraction of sp³-hybridized carbons (Fsp3) is 0.353. The Kier molecular flexibility index (Phi) is 5.41. The average Bonchev–Trinajstić information content (AvgIpc) is 2.69. The van der Waals surface area contributed by atoms with Gasteiger partial charge in [-0.2, -0.15) is 9.78 Å². The number of nitrogens with zero attached hydrogens (tertiary/aromatic N) is 5. The zero-order valence-electron chi connectivity index (χ0n) is 14.7. The van der Waals surface area contributed by atoms with E-state index >= 15 is 0 Å². The van der Waals surface area contributed by atoms with Crippen molar-refractivity contribution in [2.45, 2.75) is 13.3 Å². The van der Waals surface area contributed by atoms with E-state index in [0.717, 1.165) is 4.68 Å². The Hall–Kier alpha value is -2.94. The molecule has 1 aromatic heterocycles. The first-order chi connectivity index (χ1) is 12.9. The van der Waals surface area contributed by atoms with Gasteiger partial charge < -0.3 is 9.80 Å². The third kappa shape index (κ3) is 3.77. The summed E-state index contributed by atoms with van der Waals surface area (Å²) in [6, 6.07) is 5.49. The van der Waals surface area contributed by atoms with Crippen LogP contribution in [0.1, 0.15) is 13.3 Å². The first-order valence-electron chi connectivity index (χ1n) is 8.47. The molecule has 3 rings (SSSR count). The number of carbonyl (C=O) groups excluding carboxylic acids is 1. The van der Waals surface area contributed by atoms with Gasteiger partial charge in [0, 0.05) is 44.7 Å². The van der Waals surface area contributed by atoms with Crippen LogP contribution in [-0.2, 0) is 4.79 Å². The van der Waals surface area contributed by atoms with Crippen molar-refractivity contribution in [1.82, 2.24) is 14.7 Å². The molecular weight excluding hydrogens is 374 g/mol. The molecule has 0 unspecified atom stereocenters. The molecular formula is C17H18ClN5O4. The molecule has 1 aromatic carbocycles. The van der Waals surface area contributed by atoms with Crippen molar-refractivity contribution in [2.75, 3.05) is 31.1 Å². The summed E-state index contributed by atoms with van der Waals surface area (Å²) in [4.78, 5) is 38.3. The summed E-state index contributed by atoms with van der Waals surface area (Å²) in [5.74, 6) is 0.104. The van der Waals surface area contributed by atoms with Gasteiger partial charge in [0.15, 0.2) is 0 Å². The first-order valence-corrected chi connectivity index (χ1v) is 8.85. The molecule has 1 saturated heterocycles. The van der Waals surface area contributed by atoms with E-state index in [0.29, 0.717) is 44.0 Å². The number of rotatable bonds is 4. The zero-order chi connectivity index (χ0) is 19.6. The van der Waals surface area contributed by atoms with Gasteiger partial charge in [-0.25, -0.2) is 0 Å². The number of hydrogen-bond acceptors (Lipinski definition) is 6. The van der Waals surface area contributed by atoms with Gasteiger partial charge >= 0.3 is 0 Å². The van der Waals surface area contributed by atoms with Crippen LogP contribution in [0.2, 0.25) is 5.02 Å². The van der Waals surface area contributed by atoms with Crippen LogP contribution in [0, 0.1) is 10.1 Å². The van der Waals surface area contributed by atoms with E-state index in [2.05, 4.69) is 5.10 Å². The Morgan fingerprint density at radius 2 is 1.85 bits per heavy atom. The monoisotopic (exact) mass is 391 g/mol. The second-order valence-electron chi connectivity index (χ2n) is 6.06. The van der Waals surface area contributed by atoms with E-state index < -0.39 is 10.5 Å². The quantitative estimate of drug-likeness (QED) is 0.582. The van der Waals surface area contributed by atoms with Crippen LogP contribution >= 0.6 is 11.6 Å². The number of nitro benzene ring substituents is 1. The highest BCUT2D eigenvalue weighted by Crippen LogP contribution is 2.23. The number of aromatic nitrogens is 2. The molecule has 0 aliphatic carbocycles. The topological polar surface area (TPSA) is 102 Å². The third-order valence-corrected chi connectivity index (χ3v) is 4.84. The normalized spacial score (nSPS) is 14.3. The Balaban J connectivity index is 1.83. The van der Waals surface area contributed by atoms with Crippen LogP contribution < -0.4 is 10.5 Å². The van der Waals surface area contributed by atoms with Crippen LogP contribution in [-0.4, -0.2) is 51.7 Å². The number of benzene rings is 1. The minimum atomic E-state index is -0.515. The van der Waals surface area contributed by atoms with Crippen molar-refractivity contribution in [3.8, 4) is 5.69 Å². The van der Waals surface area contributed by atoms with Crippen molar-refractivity contribution < 1.29 is 9.72 Å². The van der Waals surface area contributed by atoms with Crippen molar-refractivity contribution in [1.29, 1.82) is 0 Å². The lowest BCUT2D eigenvalue weighted by atomic mass is 10.2. The molecule has 0 spiro atoms. The number of non-ortho nitro benzene ring substituents is 1. The Morgan fingerprint density at radius 1 is 1.22 bits per heavy atom. The summed E-state index contributed by atoms with van der Waals surface area (Å²) in [6.45, 7) is 4.08. The summed E-state index contributed by atoms with van der Waals surface area (Å²) < 4.78 is 1.10. The molecule has 0 N–H and O–H groups in total. The molecule has 2 aromatic rings. The van der Waals surface area contributed by atoms with Crippen LogP contribution in [0.15, 0.2) is 35.3 Å². The number of amides is 1. The molecule has 0 radical (unpaired) electrons. The average molecular weight is 392 g/mol. The van der Waals surface area contributed by atoms with Crippen molar-refractivity contribution in [3.05, 3.63) is 56.0 Å². The summed E-state index contributed by atoms with van der Waals surface area (Å²) in [5, 5.41) is 14.9. The molecule has 1 amide bonds. The second-order valence-corrected chi connectivity index (χ2v) is 6.43. The predicted octanol–water partition coefficient (Wildman–Crippen LogP) is 1.85. The highest BCUT2D eigenvalue weighted by Gasteiger charge is 2.23. The maximum Gasteiger partial charge on any atom is 0.292 e. The number of halogens is 1. The Bertz CT molecular complexity index is 920. The molecule has 1 aliphatic rings. The Labute approximate surface area is 159 Å². The van der Waals surface area contributed by atoms with Gasteiger partial charge in [-0.15, -0.1) is 0 Å². The van der Waals surface area contributed by atoms with Crippen LogP contribution in [0.25, 0.3) is 5.69 Å². The van der Waals surface area contributed by atoms with E-state index in [1.54, 1.807) is 4.90 Å². The molecule has 10 heteroatoms. The molecule has 1 fully saturated rings. The highest BCUT2D eigenvalue weighted by molar-refractivity contribution is 6.33. The number of nitro groups is 1. The van der Waals surface area contributed by atoms with E-state index in [-0.39, 0.29) is 16.6 Å². The molecule has 1 aliphatic heterocycles. The van der Waals surface area contributed by atoms with E-state index in [1.165, 1.54) is 30.5 Å². The van der Waals surface area contributed by atoms with Gasteiger partial charge in [-0.1, -0.05) is 18.5 Å². The second kappa shape index (κ2) is 7.75. The highest BCUT2D eigenvalue weighted by atomic mass is 35.5. The fourth-order valence-corrected chi connectivity index (χ4v) is 3.21. The zero-order valence-corrected chi connectivity index (χ0v) is 15.4. The van der Waals surface area contributed by atoms with Gasteiger partial charge in [-0.3, -0.25) is 19.7 Å². The van der Waals surface area contributed by atoms with Gasteiger partial charge in [0.1, 0.15) is 5.02 Å². The molecule has 2 heterocycles. The number of hydrogen-bond donors (Lipinski definition) is 0. The molecule has 9 nitrogen and oxygen atoms in total. The summed E-state index contributed by atoms with van der Waals surface area (Å²) in [6.07, 6.45) is 1.97. The van der Waals surface area contributed by atoms with Gasteiger partial charge in [0.05, 0.1) is 22.5 Å². The van der Waals surface area contributed by atoms with Crippen molar-refractivity contribution >= 4 is 28.9 Å². The molecule has 0 saturated carbocycles. The third-order valence-electron chi connectivity index (χ3n) is 4.48. The lowest BCUT2D eigenvalue weighted by Gasteiger charge is -2.36. The Morgan fingerprint density at radius 3 is 2.41 bits per heavy atom. The number of piperazine rings is 1. The van der Waals surface area contributed by atoms with Crippen LogP contribution in [0.5, 0.6) is 0 Å². The van der Waals surface area contributed by atoms with E-state index in [9.17, 15) is 19.7 Å². The predicted molar refractivity (Wildman–Crippen MR) is 101 cm³/mol. The molecule has 0 atom stereocenters. The molecule has 0 bridgehead atoms. The maximum absolute atomic E-state index is 12.6. The summed E-state index contributed by atoms with van der Waals surface area (Å²) in [5.41, 5.74) is 0.324. The number of carbonyl (C=O) groups is 1. The van der Waals surface area contributed by atoms with Crippen LogP contribution in [0.3, 0.4) is 0 Å². The number of anilines is 1. The maximum atomic E-state index is 12.6. The minimum Gasteiger partial charge on any atom is -0.365 e.